The van der Waals surface area contributed by atoms with Crippen molar-refractivity contribution < 1.29 is 24.5 Å². The molecule has 0 amide bonds. The van der Waals surface area contributed by atoms with Crippen LogP contribution in [-0.4, -0.2) is 35.9 Å². The minimum atomic E-state index is -0.854. The Morgan fingerprint density at radius 1 is 1.40 bits per heavy atom. The molecule has 0 aliphatic carbocycles. The van der Waals surface area contributed by atoms with Crippen molar-refractivity contribution >= 4 is 17.6 Å². The van der Waals surface area contributed by atoms with E-state index in [1.807, 2.05) is 0 Å². The molecule has 0 radical (unpaired) electrons. The van der Waals surface area contributed by atoms with Crippen LogP contribution in [0.15, 0.2) is 6.07 Å². The molecule has 1 aromatic carbocycles. The lowest BCUT2D eigenvalue weighted by atomic mass is 9.98. The number of aromatic hydroxyl groups is 1. The molecule has 108 valence electrons. The first-order valence-corrected chi connectivity index (χ1v) is 6.73. The van der Waals surface area contributed by atoms with Crippen molar-refractivity contribution in [2.75, 3.05) is 19.8 Å². The van der Waals surface area contributed by atoms with Crippen LogP contribution in [-0.2, 0) is 4.79 Å². The Morgan fingerprint density at radius 3 is 2.85 bits per heavy atom. The molecule has 0 bridgehead atoms. The number of carbonyl (C=O) groups is 1. The first kappa shape index (κ1) is 13.3. The van der Waals surface area contributed by atoms with Gasteiger partial charge in [-0.15, -0.1) is 0 Å². The van der Waals surface area contributed by atoms with Crippen LogP contribution in [0.25, 0.3) is 0 Å². The van der Waals surface area contributed by atoms with Gasteiger partial charge >= 0.3 is 5.97 Å². The van der Waals surface area contributed by atoms with Crippen molar-refractivity contribution in [3.05, 3.63) is 16.7 Å². The number of hydrogen-bond acceptors (Lipinski definition) is 5. The normalized spacial score (nSPS) is 24.6. The summed E-state index contributed by atoms with van der Waals surface area (Å²) in [5.74, 6) is -0.498. The zero-order valence-corrected chi connectivity index (χ0v) is 11.3. The summed E-state index contributed by atoms with van der Waals surface area (Å²) in [6, 6.07) is 1.20. The van der Waals surface area contributed by atoms with Crippen LogP contribution in [0.5, 0.6) is 17.2 Å². The zero-order chi connectivity index (χ0) is 14.3. The molecule has 2 heterocycles. The fraction of sp³-hybridized carbons (Fsp3) is 0.462. The van der Waals surface area contributed by atoms with Gasteiger partial charge in [-0.3, -0.25) is 4.79 Å². The van der Waals surface area contributed by atoms with E-state index in [0.717, 1.165) is 0 Å². The standard InChI is InChI=1S/C13H14ClNO5/c14-7-4-9-12(20-2-1-19-9)10(11(7)16)8-3-6(5-15-8)13(17)18/h4,6,8,15-16H,1-3,5H2,(H,17,18). The molecule has 3 rings (SSSR count). The Labute approximate surface area is 120 Å². The van der Waals surface area contributed by atoms with E-state index < -0.39 is 11.9 Å². The van der Waals surface area contributed by atoms with Crippen molar-refractivity contribution in [1.29, 1.82) is 0 Å². The largest absolute Gasteiger partial charge is 0.506 e. The summed E-state index contributed by atoms with van der Waals surface area (Å²) in [4.78, 5) is 11.0. The van der Waals surface area contributed by atoms with Crippen LogP contribution < -0.4 is 14.8 Å². The average Bonchev–Trinajstić information content (AvgIpc) is 2.90. The Morgan fingerprint density at radius 2 is 2.15 bits per heavy atom. The summed E-state index contributed by atoms with van der Waals surface area (Å²) in [6.45, 7) is 1.15. The number of benzene rings is 1. The number of halogens is 1. The second-order valence-corrected chi connectivity index (χ2v) is 5.28. The molecular weight excluding hydrogens is 286 g/mol. The minimum Gasteiger partial charge on any atom is -0.506 e. The Hall–Kier alpha value is -1.66. The van der Waals surface area contributed by atoms with Crippen molar-refractivity contribution in [2.24, 2.45) is 5.92 Å². The number of hydrogen-bond donors (Lipinski definition) is 3. The third-order valence-corrected chi connectivity index (χ3v) is 3.91. The third-order valence-electron chi connectivity index (χ3n) is 3.62. The lowest BCUT2D eigenvalue weighted by Gasteiger charge is -2.25. The predicted molar refractivity (Wildman–Crippen MR) is 70.6 cm³/mol. The Kier molecular flexibility index (Phi) is 3.35. The second kappa shape index (κ2) is 5.03. The smallest absolute Gasteiger partial charge is 0.307 e. The van der Waals surface area contributed by atoms with E-state index in [2.05, 4.69) is 5.32 Å². The van der Waals surface area contributed by atoms with Gasteiger partial charge in [0.1, 0.15) is 19.0 Å². The average molecular weight is 300 g/mol. The summed E-state index contributed by atoms with van der Waals surface area (Å²) in [6.07, 6.45) is 0.374. The number of ether oxygens (including phenoxy) is 2. The van der Waals surface area contributed by atoms with Crippen LogP contribution in [0.4, 0.5) is 0 Å². The number of phenolic OH excluding ortho intramolecular Hbond substituents is 1. The third kappa shape index (κ3) is 2.14. The fourth-order valence-electron chi connectivity index (χ4n) is 2.64. The number of nitrogens with one attached hydrogen (secondary N) is 1. The first-order chi connectivity index (χ1) is 9.58. The molecule has 0 spiro atoms. The van der Waals surface area contributed by atoms with Gasteiger partial charge in [0, 0.05) is 18.7 Å². The van der Waals surface area contributed by atoms with Gasteiger partial charge in [-0.25, -0.2) is 0 Å². The number of fused-ring (bicyclic) bond motifs is 1. The van der Waals surface area contributed by atoms with Gasteiger partial charge < -0.3 is 25.0 Å². The van der Waals surface area contributed by atoms with E-state index in [-0.39, 0.29) is 16.8 Å². The van der Waals surface area contributed by atoms with Gasteiger partial charge in [0.05, 0.1) is 16.5 Å². The number of carboxylic acids is 1. The molecule has 2 unspecified atom stereocenters. The molecule has 3 N–H and O–H groups in total. The van der Waals surface area contributed by atoms with E-state index in [1.54, 1.807) is 0 Å². The maximum atomic E-state index is 11.0. The van der Waals surface area contributed by atoms with E-state index in [9.17, 15) is 9.90 Å². The quantitative estimate of drug-likeness (QED) is 0.768. The summed E-state index contributed by atoms with van der Waals surface area (Å²) in [7, 11) is 0. The van der Waals surface area contributed by atoms with Gasteiger partial charge in [-0.05, 0) is 6.42 Å². The highest BCUT2D eigenvalue weighted by Gasteiger charge is 2.35. The minimum absolute atomic E-state index is 0.0838. The Balaban J connectivity index is 2.00. The summed E-state index contributed by atoms with van der Waals surface area (Å²) >= 11 is 6.00. The van der Waals surface area contributed by atoms with Crippen molar-refractivity contribution in [3.63, 3.8) is 0 Å². The number of aliphatic carboxylic acids is 1. The molecule has 6 nitrogen and oxygen atoms in total. The molecule has 20 heavy (non-hydrogen) atoms. The summed E-state index contributed by atoms with van der Waals surface area (Å²) in [5, 5.41) is 22.5. The van der Waals surface area contributed by atoms with Gasteiger partial charge in [-0.2, -0.15) is 0 Å². The van der Waals surface area contributed by atoms with Gasteiger partial charge in [0.25, 0.3) is 0 Å². The highest BCUT2D eigenvalue weighted by Crippen LogP contribution is 2.48. The second-order valence-electron chi connectivity index (χ2n) is 4.88. The predicted octanol–water partition coefficient (Wildman–Crippen LogP) is 1.55. The maximum Gasteiger partial charge on any atom is 0.307 e. The molecule has 1 fully saturated rings. The molecule has 1 aromatic rings. The molecule has 0 saturated carbocycles. The number of phenols is 1. The monoisotopic (exact) mass is 299 g/mol. The lowest BCUT2D eigenvalue weighted by Crippen LogP contribution is -2.20. The van der Waals surface area contributed by atoms with Crippen LogP contribution >= 0.6 is 11.6 Å². The molecule has 0 aromatic heterocycles. The topological polar surface area (TPSA) is 88.0 Å². The molecule has 2 aliphatic heterocycles. The number of carboxylic acid groups (broad SMARTS) is 1. The zero-order valence-electron chi connectivity index (χ0n) is 10.6. The molecular formula is C13H14ClNO5. The van der Waals surface area contributed by atoms with Gasteiger partial charge in [0.15, 0.2) is 11.5 Å². The molecule has 1 saturated heterocycles. The maximum absolute atomic E-state index is 11.0. The van der Waals surface area contributed by atoms with Crippen LogP contribution in [0.2, 0.25) is 5.02 Å². The molecule has 2 atom stereocenters. The van der Waals surface area contributed by atoms with Crippen molar-refractivity contribution in [2.45, 2.75) is 12.5 Å². The van der Waals surface area contributed by atoms with Crippen molar-refractivity contribution in [1.82, 2.24) is 5.32 Å². The van der Waals surface area contributed by atoms with E-state index in [4.69, 9.17) is 26.2 Å². The van der Waals surface area contributed by atoms with Crippen molar-refractivity contribution in [3.8, 4) is 17.2 Å². The van der Waals surface area contributed by atoms with Crippen LogP contribution in [0.3, 0.4) is 0 Å². The van der Waals surface area contributed by atoms with E-state index in [1.165, 1.54) is 6.07 Å². The Bertz CT molecular complexity index is 562. The highest BCUT2D eigenvalue weighted by molar-refractivity contribution is 6.32. The lowest BCUT2D eigenvalue weighted by molar-refractivity contribution is -0.141. The highest BCUT2D eigenvalue weighted by atomic mass is 35.5. The first-order valence-electron chi connectivity index (χ1n) is 6.35. The summed E-state index contributed by atoms with van der Waals surface area (Å²) in [5.41, 5.74) is 0.482. The SMILES string of the molecule is O=C(O)C1CNC(c2c(O)c(Cl)cc3c2OCCO3)C1. The van der Waals surface area contributed by atoms with Gasteiger partial charge in [0.2, 0.25) is 0 Å². The number of rotatable bonds is 2. The molecule has 2 aliphatic rings. The van der Waals surface area contributed by atoms with Gasteiger partial charge in [-0.1, -0.05) is 11.6 Å². The fourth-order valence-corrected chi connectivity index (χ4v) is 2.84. The summed E-state index contributed by atoms with van der Waals surface area (Å²) < 4.78 is 11.0. The van der Waals surface area contributed by atoms with E-state index in [0.29, 0.717) is 43.2 Å². The van der Waals surface area contributed by atoms with Crippen LogP contribution in [0, 0.1) is 5.92 Å². The molecule has 7 heteroatoms. The van der Waals surface area contributed by atoms with Crippen LogP contribution in [0.1, 0.15) is 18.0 Å². The van der Waals surface area contributed by atoms with E-state index >= 15 is 0 Å².